The molecule has 110 valence electrons. The predicted octanol–water partition coefficient (Wildman–Crippen LogP) is 0.834. The Hall–Kier alpha value is -1.30. The summed E-state index contributed by atoms with van der Waals surface area (Å²) in [4.78, 5) is 26.8. The minimum atomic E-state index is -0.817. The van der Waals surface area contributed by atoms with Gasteiger partial charge in [-0.3, -0.25) is 4.79 Å². The SMILES string of the molecule is CNCCCN(C)C(=O)N1CCCC(C)(C(=O)O)C1. The fourth-order valence-corrected chi connectivity index (χ4v) is 2.41. The summed E-state index contributed by atoms with van der Waals surface area (Å²) in [5, 5.41) is 12.3. The average molecular weight is 271 g/mol. The number of hydrogen-bond acceptors (Lipinski definition) is 3. The molecule has 6 nitrogen and oxygen atoms in total. The molecule has 1 aliphatic rings. The summed E-state index contributed by atoms with van der Waals surface area (Å²) in [5.74, 6) is -0.817. The summed E-state index contributed by atoms with van der Waals surface area (Å²) in [5.41, 5.74) is -0.806. The van der Waals surface area contributed by atoms with Crippen molar-refractivity contribution in [1.82, 2.24) is 15.1 Å². The molecule has 0 spiro atoms. The third-order valence-electron chi connectivity index (χ3n) is 3.73. The van der Waals surface area contributed by atoms with Crippen molar-refractivity contribution >= 4 is 12.0 Å². The normalized spacial score (nSPS) is 23.2. The number of amides is 2. The van der Waals surface area contributed by atoms with Crippen molar-refractivity contribution in [2.24, 2.45) is 5.41 Å². The maximum atomic E-state index is 12.2. The molecule has 0 aromatic heterocycles. The van der Waals surface area contributed by atoms with Gasteiger partial charge in [0.2, 0.25) is 0 Å². The van der Waals surface area contributed by atoms with Gasteiger partial charge in [-0.1, -0.05) is 0 Å². The molecule has 2 N–H and O–H groups in total. The molecular formula is C13H25N3O3. The van der Waals surface area contributed by atoms with E-state index >= 15 is 0 Å². The van der Waals surface area contributed by atoms with Crippen LogP contribution in [0.25, 0.3) is 0 Å². The van der Waals surface area contributed by atoms with Gasteiger partial charge in [-0.2, -0.15) is 0 Å². The number of hydrogen-bond donors (Lipinski definition) is 2. The first-order valence-corrected chi connectivity index (χ1v) is 6.79. The van der Waals surface area contributed by atoms with Crippen molar-refractivity contribution < 1.29 is 14.7 Å². The van der Waals surface area contributed by atoms with Crippen LogP contribution in [0.4, 0.5) is 4.79 Å². The van der Waals surface area contributed by atoms with Crippen LogP contribution in [0.5, 0.6) is 0 Å². The second kappa shape index (κ2) is 6.75. The van der Waals surface area contributed by atoms with E-state index in [2.05, 4.69) is 5.32 Å². The summed E-state index contributed by atoms with van der Waals surface area (Å²) in [6, 6.07) is -0.0664. The molecule has 1 atom stereocenters. The highest BCUT2D eigenvalue weighted by molar-refractivity contribution is 5.78. The molecule has 0 saturated carbocycles. The Morgan fingerprint density at radius 1 is 1.47 bits per heavy atom. The summed E-state index contributed by atoms with van der Waals surface area (Å²) < 4.78 is 0. The van der Waals surface area contributed by atoms with E-state index in [-0.39, 0.29) is 6.03 Å². The molecule has 6 heteroatoms. The van der Waals surface area contributed by atoms with Gasteiger partial charge in [0.15, 0.2) is 0 Å². The van der Waals surface area contributed by atoms with Crippen LogP contribution >= 0.6 is 0 Å². The minimum absolute atomic E-state index is 0.0664. The van der Waals surface area contributed by atoms with E-state index in [1.165, 1.54) is 0 Å². The van der Waals surface area contributed by atoms with E-state index in [1.807, 2.05) is 7.05 Å². The topological polar surface area (TPSA) is 72.9 Å². The third-order valence-corrected chi connectivity index (χ3v) is 3.73. The van der Waals surface area contributed by atoms with Crippen LogP contribution in [0.2, 0.25) is 0 Å². The average Bonchev–Trinajstić information content (AvgIpc) is 2.38. The van der Waals surface area contributed by atoms with E-state index < -0.39 is 11.4 Å². The molecule has 0 aromatic rings. The molecule has 1 saturated heterocycles. The zero-order chi connectivity index (χ0) is 14.5. The number of carboxylic acid groups (broad SMARTS) is 1. The van der Waals surface area contributed by atoms with Crippen LogP contribution in [0.1, 0.15) is 26.2 Å². The molecule has 1 aliphatic heterocycles. The first-order chi connectivity index (χ1) is 8.90. The number of likely N-dealkylation sites (tertiary alicyclic amines) is 1. The lowest BCUT2D eigenvalue weighted by molar-refractivity contribution is -0.150. The molecule has 1 fully saturated rings. The number of carbonyl (C=O) groups is 2. The second-order valence-corrected chi connectivity index (χ2v) is 5.55. The standard InChI is InChI=1S/C13H25N3O3/c1-13(11(17)18)6-4-9-16(10-13)12(19)15(3)8-5-7-14-2/h14H,4-10H2,1-3H3,(H,17,18). The zero-order valence-electron chi connectivity index (χ0n) is 12.1. The molecule has 0 bridgehead atoms. The van der Waals surface area contributed by atoms with Gasteiger partial charge >= 0.3 is 12.0 Å². The lowest BCUT2D eigenvalue weighted by atomic mass is 9.82. The van der Waals surface area contributed by atoms with E-state index in [0.29, 0.717) is 26.1 Å². The smallest absolute Gasteiger partial charge is 0.319 e. The maximum absolute atomic E-state index is 12.2. The molecule has 0 aliphatic carbocycles. The minimum Gasteiger partial charge on any atom is -0.481 e. The molecule has 1 unspecified atom stereocenters. The molecule has 1 heterocycles. The van der Waals surface area contributed by atoms with E-state index in [0.717, 1.165) is 19.4 Å². The number of nitrogens with one attached hydrogen (secondary N) is 1. The first-order valence-electron chi connectivity index (χ1n) is 6.79. The van der Waals surface area contributed by atoms with Crippen molar-refractivity contribution in [1.29, 1.82) is 0 Å². The van der Waals surface area contributed by atoms with Gasteiger partial charge in [-0.25, -0.2) is 4.79 Å². The quantitative estimate of drug-likeness (QED) is 0.727. The number of carboxylic acids is 1. The predicted molar refractivity (Wildman–Crippen MR) is 73.1 cm³/mol. The Morgan fingerprint density at radius 2 is 2.16 bits per heavy atom. The fraction of sp³-hybridized carbons (Fsp3) is 0.846. The Labute approximate surface area is 114 Å². The van der Waals surface area contributed by atoms with Crippen LogP contribution in [0, 0.1) is 5.41 Å². The van der Waals surface area contributed by atoms with Crippen LogP contribution in [-0.2, 0) is 4.79 Å². The number of piperidine rings is 1. The third kappa shape index (κ3) is 4.09. The van der Waals surface area contributed by atoms with Crippen LogP contribution < -0.4 is 5.32 Å². The van der Waals surface area contributed by atoms with Gasteiger partial charge in [-0.05, 0) is 39.8 Å². The number of urea groups is 1. The number of nitrogens with zero attached hydrogens (tertiary/aromatic N) is 2. The Balaban J connectivity index is 2.54. The van der Waals surface area contributed by atoms with E-state index in [1.54, 1.807) is 23.8 Å². The second-order valence-electron chi connectivity index (χ2n) is 5.55. The van der Waals surface area contributed by atoms with Gasteiger partial charge < -0.3 is 20.2 Å². The molecule has 2 amide bonds. The Bertz CT molecular complexity index is 335. The molecule has 0 radical (unpaired) electrons. The monoisotopic (exact) mass is 271 g/mol. The van der Waals surface area contributed by atoms with Crippen molar-refractivity contribution in [2.45, 2.75) is 26.2 Å². The zero-order valence-corrected chi connectivity index (χ0v) is 12.1. The van der Waals surface area contributed by atoms with Gasteiger partial charge in [0, 0.05) is 26.7 Å². The van der Waals surface area contributed by atoms with Crippen LogP contribution in [-0.4, -0.2) is 67.2 Å². The number of rotatable bonds is 5. The van der Waals surface area contributed by atoms with Crippen LogP contribution in [0.3, 0.4) is 0 Å². The summed E-state index contributed by atoms with van der Waals surface area (Å²) in [7, 11) is 3.65. The Kier molecular flexibility index (Phi) is 5.60. The van der Waals surface area contributed by atoms with Gasteiger partial charge in [0.1, 0.15) is 0 Å². The van der Waals surface area contributed by atoms with Gasteiger partial charge in [0.25, 0.3) is 0 Å². The maximum Gasteiger partial charge on any atom is 0.319 e. The van der Waals surface area contributed by atoms with Crippen molar-refractivity contribution in [3.8, 4) is 0 Å². The molecule has 0 aromatic carbocycles. The molecular weight excluding hydrogens is 246 g/mol. The highest BCUT2D eigenvalue weighted by Crippen LogP contribution is 2.30. The largest absolute Gasteiger partial charge is 0.481 e. The number of carbonyl (C=O) groups excluding carboxylic acids is 1. The summed E-state index contributed by atoms with van der Waals surface area (Å²) >= 11 is 0. The lowest BCUT2D eigenvalue weighted by Crippen LogP contribution is -2.52. The van der Waals surface area contributed by atoms with Gasteiger partial charge in [-0.15, -0.1) is 0 Å². The highest BCUT2D eigenvalue weighted by atomic mass is 16.4. The summed E-state index contributed by atoms with van der Waals surface area (Å²) in [6.07, 6.45) is 2.28. The summed E-state index contributed by atoms with van der Waals surface area (Å²) in [6.45, 7) is 4.22. The molecule has 1 rings (SSSR count). The van der Waals surface area contributed by atoms with Crippen molar-refractivity contribution in [3.05, 3.63) is 0 Å². The van der Waals surface area contributed by atoms with Gasteiger partial charge in [0.05, 0.1) is 5.41 Å². The van der Waals surface area contributed by atoms with Crippen molar-refractivity contribution in [3.63, 3.8) is 0 Å². The van der Waals surface area contributed by atoms with E-state index in [9.17, 15) is 14.7 Å². The van der Waals surface area contributed by atoms with Crippen LogP contribution in [0.15, 0.2) is 0 Å². The number of aliphatic carboxylic acids is 1. The first kappa shape index (κ1) is 15.8. The lowest BCUT2D eigenvalue weighted by Gasteiger charge is -2.39. The van der Waals surface area contributed by atoms with E-state index in [4.69, 9.17) is 0 Å². The Morgan fingerprint density at radius 3 is 2.74 bits per heavy atom. The van der Waals surface area contributed by atoms with Crippen molar-refractivity contribution in [2.75, 3.05) is 40.3 Å². The highest BCUT2D eigenvalue weighted by Gasteiger charge is 2.39. The molecule has 19 heavy (non-hydrogen) atoms. The fourth-order valence-electron chi connectivity index (χ4n) is 2.41.